The largest absolute Gasteiger partial charge is 0.469 e. The molecule has 2 heterocycles. The van der Waals surface area contributed by atoms with Gasteiger partial charge in [-0.1, -0.05) is 30.3 Å². The SMILES string of the molecule is COC(=O)CCn1nc(C)c(CN2C[C@@H](CN)[C@H](c3ccccc3)C2)c1C. The first-order valence-corrected chi connectivity index (χ1v) is 9.60. The molecular weight excluding hydrogens is 340 g/mol. The second-order valence-corrected chi connectivity index (χ2v) is 7.41. The first-order valence-electron chi connectivity index (χ1n) is 9.60. The molecule has 0 amide bonds. The van der Waals surface area contributed by atoms with Crippen LogP contribution in [0.3, 0.4) is 0 Å². The zero-order valence-corrected chi connectivity index (χ0v) is 16.5. The van der Waals surface area contributed by atoms with Gasteiger partial charge in [0.05, 0.1) is 25.8 Å². The number of benzene rings is 1. The van der Waals surface area contributed by atoms with Crippen LogP contribution in [0.1, 0.15) is 34.9 Å². The van der Waals surface area contributed by atoms with Gasteiger partial charge >= 0.3 is 5.97 Å². The van der Waals surface area contributed by atoms with Crippen LogP contribution in [0.15, 0.2) is 30.3 Å². The van der Waals surface area contributed by atoms with Gasteiger partial charge in [-0.2, -0.15) is 5.10 Å². The van der Waals surface area contributed by atoms with Gasteiger partial charge in [-0.25, -0.2) is 0 Å². The number of carbonyl (C=O) groups excluding carboxylic acids is 1. The van der Waals surface area contributed by atoms with Gasteiger partial charge < -0.3 is 10.5 Å². The predicted molar refractivity (Wildman–Crippen MR) is 105 cm³/mol. The standard InChI is InChI=1S/C21H30N4O2/c1-15-19(16(2)25(23-15)10-9-21(26)27-3)13-24-12-18(11-22)20(14-24)17-7-5-4-6-8-17/h4-8,18,20H,9-14,22H2,1-3H3/t18-,20+/m1/s1. The molecule has 1 aromatic heterocycles. The van der Waals surface area contributed by atoms with E-state index in [2.05, 4.69) is 47.3 Å². The molecule has 0 unspecified atom stereocenters. The van der Waals surface area contributed by atoms with Crippen molar-refractivity contribution in [3.63, 3.8) is 0 Å². The molecule has 2 atom stereocenters. The van der Waals surface area contributed by atoms with Gasteiger partial charge in [0.25, 0.3) is 0 Å². The van der Waals surface area contributed by atoms with Crippen LogP contribution < -0.4 is 5.73 Å². The van der Waals surface area contributed by atoms with Gasteiger partial charge in [-0.05, 0) is 31.9 Å². The molecule has 1 saturated heterocycles. The summed E-state index contributed by atoms with van der Waals surface area (Å²) in [4.78, 5) is 13.9. The molecule has 0 bridgehead atoms. The van der Waals surface area contributed by atoms with Crippen LogP contribution in [0.25, 0.3) is 0 Å². The fourth-order valence-corrected chi connectivity index (χ4v) is 4.11. The average molecular weight is 370 g/mol. The molecule has 0 saturated carbocycles. The summed E-state index contributed by atoms with van der Waals surface area (Å²) in [6, 6.07) is 10.7. The van der Waals surface area contributed by atoms with E-state index in [1.807, 2.05) is 11.6 Å². The lowest BCUT2D eigenvalue weighted by atomic mass is 9.89. The number of hydrogen-bond donors (Lipinski definition) is 1. The molecule has 0 aliphatic carbocycles. The Hall–Kier alpha value is -2.18. The molecule has 1 aliphatic heterocycles. The van der Waals surface area contributed by atoms with Gasteiger partial charge in [0.1, 0.15) is 0 Å². The molecule has 2 N–H and O–H groups in total. The molecule has 3 rings (SSSR count). The van der Waals surface area contributed by atoms with Crippen molar-refractivity contribution in [2.45, 2.75) is 39.3 Å². The van der Waals surface area contributed by atoms with Gasteiger partial charge in [0, 0.05) is 36.8 Å². The summed E-state index contributed by atoms with van der Waals surface area (Å²) in [5, 5.41) is 4.63. The number of nitrogens with two attached hydrogens (primary N) is 1. The Kier molecular flexibility index (Phi) is 6.29. The second kappa shape index (κ2) is 8.67. The zero-order chi connectivity index (χ0) is 19.4. The molecule has 6 heteroatoms. The monoisotopic (exact) mass is 370 g/mol. The summed E-state index contributed by atoms with van der Waals surface area (Å²) >= 11 is 0. The summed E-state index contributed by atoms with van der Waals surface area (Å²) in [6.45, 7) is 8.26. The maximum absolute atomic E-state index is 11.4. The van der Waals surface area contributed by atoms with E-state index in [9.17, 15) is 4.79 Å². The van der Waals surface area contributed by atoms with Crippen molar-refractivity contribution in [2.24, 2.45) is 11.7 Å². The Morgan fingerprint density at radius 1 is 1.26 bits per heavy atom. The Balaban J connectivity index is 1.70. The molecule has 0 radical (unpaired) electrons. The van der Waals surface area contributed by atoms with E-state index in [0.29, 0.717) is 31.3 Å². The second-order valence-electron chi connectivity index (χ2n) is 7.41. The van der Waals surface area contributed by atoms with Crippen molar-refractivity contribution >= 4 is 5.97 Å². The van der Waals surface area contributed by atoms with Crippen LogP contribution in [0.5, 0.6) is 0 Å². The van der Waals surface area contributed by atoms with Crippen molar-refractivity contribution in [3.05, 3.63) is 52.8 Å². The Morgan fingerprint density at radius 2 is 2.00 bits per heavy atom. The van der Waals surface area contributed by atoms with E-state index >= 15 is 0 Å². The van der Waals surface area contributed by atoms with E-state index in [-0.39, 0.29) is 5.97 Å². The Bertz CT molecular complexity index is 772. The zero-order valence-electron chi connectivity index (χ0n) is 16.5. The highest BCUT2D eigenvalue weighted by Gasteiger charge is 2.33. The summed E-state index contributed by atoms with van der Waals surface area (Å²) in [5.74, 6) is 0.744. The summed E-state index contributed by atoms with van der Waals surface area (Å²) < 4.78 is 6.66. The topological polar surface area (TPSA) is 73.4 Å². The minimum Gasteiger partial charge on any atom is -0.469 e. The number of esters is 1. The lowest BCUT2D eigenvalue weighted by Gasteiger charge is -2.17. The van der Waals surface area contributed by atoms with Crippen molar-refractivity contribution in [3.8, 4) is 0 Å². The van der Waals surface area contributed by atoms with Crippen LogP contribution in [0.4, 0.5) is 0 Å². The molecule has 0 spiro atoms. The molecule has 27 heavy (non-hydrogen) atoms. The third kappa shape index (κ3) is 4.39. The van der Waals surface area contributed by atoms with Crippen LogP contribution >= 0.6 is 0 Å². The summed E-state index contributed by atoms with van der Waals surface area (Å²) in [6.07, 6.45) is 0.340. The normalized spacial score (nSPS) is 20.1. The average Bonchev–Trinajstić information content (AvgIpc) is 3.22. The minimum atomic E-state index is -0.208. The van der Waals surface area contributed by atoms with Crippen molar-refractivity contribution in [2.75, 3.05) is 26.7 Å². The number of aryl methyl sites for hydroxylation is 2. The molecule has 1 fully saturated rings. The van der Waals surface area contributed by atoms with E-state index in [4.69, 9.17) is 10.5 Å². The molecule has 1 aromatic carbocycles. The molecular formula is C21H30N4O2. The number of carbonyl (C=O) groups is 1. The highest BCUT2D eigenvalue weighted by Crippen LogP contribution is 2.33. The van der Waals surface area contributed by atoms with Crippen molar-refractivity contribution in [1.29, 1.82) is 0 Å². The number of likely N-dealkylation sites (tertiary alicyclic amines) is 1. The molecule has 2 aromatic rings. The fourth-order valence-electron chi connectivity index (χ4n) is 4.11. The Morgan fingerprint density at radius 3 is 2.67 bits per heavy atom. The number of hydrogen-bond acceptors (Lipinski definition) is 5. The number of methoxy groups -OCH3 is 1. The Labute approximate surface area is 161 Å². The minimum absolute atomic E-state index is 0.208. The van der Waals surface area contributed by atoms with E-state index in [1.165, 1.54) is 18.2 Å². The van der Waals surface area contributed by atoms with Gasteiger partial charge in [0.2, 0.25) is 0 Å². The predicted octanol–water partition coefficient (Wildman–Crippen LogP) is 2.24. The number of rotatable bonds is 7. The van der Waals surface area contributed by atoms with Gasteiger partial charge in [-0.3, -0.25) is 14.4 Å². The smallest absolute Gasteiger partial charge is 0.307 e. The number of ether oxygens (including phenoxy) is 1. The molecule has 6 nitrogen and oxygen atoms in total. The molecule has 146 valence electrons. The van der Waals surface area contributed by atoms with E-state index < -0.39 is 0 Å². The van der Waals surface area contributed by atoms with Gasteiger partial charge in [0.15, 0.2) is 0 Å². The first kappa shape index (κ1) is 19.6. The highest BCUT2D eigenvalue weighted by atomic mass is 16.5. The summed E-state index contributed by atoms with van der Waals surface area (Å²) in [5.41, 5.74) is 10.9. The number of aromatic nitrogens is 2. The van der Waals surface area contributed by atoms with Gasteiger partial charge in [-0.15, -0.1) is 0 Å². The van der Waals surface area contributed by atoms with E-state index in [0.717, 1.165) is 31.0 Å². The number of nitrogens with zero attached hydrogens (tertiary/aromatic N) is 3. The lowest BCUT2D eigenvalue weighted by Crippen LogP contribution is -2.23. The van der Waals surface area contributed by atoms with Crippen LogP contribution in [-0.4, -0.2) is 47.4 Å². The van der Waals surface area contributed by atoms with E-state index in [1.54, 1.807) is 0 Å². The maximum atomic E-state index is 11.4. The van der Waals surface area contributed by atoms with Crippen LogP contribution in [0.2, 0.25) is 0 Å². The lowest BCUT2D eigenvalue weighted by molar-refractivity contribution is -0.140. The molecule has 1 aliphatic rings. The third-order valence-corrected chi connectivity index (χ3v) is 5.72. The summed E-state index contributed by atoms with van der Waals surface area (Å²) in [7, 11) is 1.42. The van der Waals surface area contributed by atoms with Crippen molar-refractivity contribution < 1.29 is 9.53 Å². The highest BCUT2D eigenvalue weighted by molar-refractivity contribution is 5.68. The maximum Gasteiger partial charge on any atom is 0.307 e. The first-order chi connectivity index (χ1) is 13.0. The van der Waals surface area contributed by atoms with Crippen molar-refractivity contribution in [1.82, 2.24) is 14.7 Å². The third-order valence-electron chi connectivity index (χ3n) is 5.72. The fraction of sp³-hybridized carbons (Fsp3) is 0.524. The quantitative estimate of drug-likeness (QED) is 0.757. The van der Waals surface area contributed by atoms with Crippen LogP contribution in [0, 0.1) is 19.8 Å². The van der Waals surface area contributed by atoms with Crippen LogP contribution in [-0.2, 0) is 22.6 Å².